The molecule has 0 amide bonds. The van der Waals surface area contributed by atoms with Crippen molar-refractivity contribution in [2.75, 3.05) is 0 Å². The van der Waals surface area contributed by atoms with E-state index < -0.39 is 0 Å². The molecule has 4 heteroatoms. The number of rotatable bonds is 0. The molecule has 32 valence electrons. The average Bonchev–Trinajstić information content (AvgIpc) is 1.86. The minimum absolute atomic E-state index is 0. The van der Waals surface area contributed by atoms with Crippen LogP contribution in [0.3, 0.4) is 0 Å². The van der Waals surface area contributed by atoms with Crippen LogP contribution in [0.15, 0.2) is 0 Å². The Morgan fingerprint density at radius 3 is 2.57 bits per heavy atom. The second kappa shape index (κ2) is 3.20. The zero-order valence-electron chi connectivity index (χ0n) is 4.30. The molecule has 0 atom stereocenters. The van der Waals surface area contributed by atoms with Gasteiger partial charge in [-0.3, -0.25) is 4.37 Å². The Hall–Kier alpha value is 0.157. The third-order valence-electron chi connectivity index (χ3n) is 0.426. The minimum Gasteiger partial charge on any atom is -0.426 e. The molecule has 0 aliphatic carbocycles. The molecule has 1 aromatic rings. The molecule has 0 saturated heterocycles. The van der Waals surface area contributed by atoms with Crippen molar-refractivity contribution < 1.29 is 18.9 Å². The van der Waals surface area contributed by atoms with Crippen molar-refractivity contribution in [3.05, 3.63) is 11.3 Å². The molecule has 0 saturated carbocycles. The molecule has 0 bridgehead atoms. The van der Waals surface area contributed by atoms with Crippen molar-refractivity contribution in [1.82, 2.24) is 9.36 Å². The molecule has 0 radical (unpaired) electrons. The first-order valence-corrected chi connectivity index (χ1v) is 2.33. The molecule has 1 aromatic heterocycles. The Labute approximate surface area is 58.3 Å². The second-order valence-corrected chi connectivity index (χ2v) is 1.48. The van der Waals surface area contributed by atoms with Gasteiger partial charge in [0.25, 0.3) is 0 Å². The maximum absolute atomic E-state index is 3.79. The van der Waals surface area contributed by atoms with Crippen LogP contribution in [-0.4, -0.2) is 9.36 Å². The van der Waals surface area contributed by atoms with Crippen molar-refractivity contribution in [3.8, 4) is 0 Å². The van der Waals surface area contributed by atoms with Gasteiger partial charge in [-0.2, -0.15) is 11.5 Å². The third-order valence-corrected chi connectivity index (χ3v) is 0.954. The van der Waals surface area contributed by atoms with Crippen LogP contribution in [0.25, 0.3) is 0 Å². The summed E-state index contributed by atoms with van der Waals surface area (Å²) in [4.78, 5) is 3.70. The number of aromatic nitrogens is 2. The number of aryl methyl sites for hydroxylation is 1. The molecule has 0 aromatic carbocycles. The fourth-order valence-corrected chi connectivity index (χ4v) is 0.580. The SMILES string of the molecule is Cc1n[c-]sn1.[Li+]. The summed E-state index contributed by atoms with van der Waals surface area (Å²) >= 11 is 1.25. The van der Waals surface area contributed by atoms with Crippen molar-refractivity contribution in [3.63, 3.8) is 0 Å². The molecule has 1 heterocycles. The van der Waals surface area contributed by atoms with E-state index in [4.69, 9.17) is 0 Å². The van der Waals surface area contributed by atoms with Crippen LogP contribution >= 0.6 is 11.5 Å². The van der Waals surface area contributed by atoms with Gasteiger partial charge in [0.2, 0.25) is 0 Å². The quantitative estimate of drug-likeness (QED) is 0.273. The summed E-state index contributed by atoms with van der Waals surface area (Å²) in [7, 11) is 0. The molecular formula is C3H3LiN2S. The molecule has 7 heavy (non-hydrogen) atoms. The predicted octanol–water partition coefficient (Wildman–Crippen LogP) is -2.35. The van der Waals surface area contributed by atoms with E-state index in [9.17, 15) is 0 Å². The van der Waals surface area contributed by atoms with E-state index in [0.29, 0.717) is 0 Å². The van der Waals surface area contributed by atoms with E-state index in [0.717, 1.165) is 5.82 Å². The maximum atomic E-state index is 3.79. The van der Waals surface area contributed by atoms with Crippen molar-refractivity contribution in [1.29, 1.82) is 0 Å². The summed E-state index contributed by atoms with van der Waals surface area (Å²) in [5.74, 6) is 0.806. The number of nitrogens with zero attached hydrogens (tertiary/aromatic N) is 2. The Bertz CT molecular complexity index is 116. The van der Waals surface area contributed by atoms with Gasteiger partial charge in [-0.1, -0.05) is 12.4 Å². The summed E-state index contributed by atoms with van der Waals surface area (Å²) in [5.41, 5.74) is 2.61. The van der Waals surface area contributed by atoms with Crippen LogP contribution in [0.2, 0.25) is 0 Å². The molecule has 0 unspecified atom stereocenters. The first-order chi connectivity index (χ1) is 2.89. The Morgan fingerprint density at radius 1 is 1.71 bits per heavy atom. The van der Waals surface area contributed by atoms with Gasteiger partial charge >= 0.3 is 18.9 Å². The normalized spacial score (nSPS) is 7.57. The van der Waals surface area contributed by atoms with E-state index in [1.807, 2.05) is 6.92 Å². The first-order valence-electron chi connectivity index (χ1n) is 1.56. The number of hydrogen-bond acceptors (Lipinski definition) is 3. The molecule has 0 aliphatic rings. The minimum atomic E-state index is 0. The van der Waals surface area contributed by atoms with Crippen LogP contribution < -0.4 is 18.9 Å². The van der Waals surface area contributed by atoms with Crippen LogP contribution in [0.4, 0.5) is 0 Å². The Kier molecular flexibility index (Phi) is 3.27. The fraction of sp³-hybridized carbons (Fsp3) is 0.333. The predicted molar refractivity (Wildman–Crippen MR) is 23.5 cm³/mol. The molecule has 1 rings (SSSR count). The monoisotopic (exact) mass is 106 g/mol. The third kappa shape index (κ3) is 2.08. The molecule has 2 nitrogen and oxygen atoms in total. The molecule has 0 N–H and O–H groups in total. The van der Waals surface area contributed by atoms with E-state index in [2.05, 4.69) is 14.9 Å². The van der Waals surface area contributed by atoms with Gasteiger partial charge in [0, 0.05) is 0 Å². The zero-order chi connectivity index (χ0) is 4.41. The van der Waals surface area contributed by atoms with E-state index in [1.165, 1.54) is 11.5 Å². The summed E-state index contributed by atoms with van der Waals surface area (Å²) in [6, 6.07) is 0. The van der Waals surface area contributed by atoms with Crippen LogP contribution in [-0.2, 0) is 0 Å². The first kappa shape index (κ1) is 7.16. The summed E-state index contributed by atoms with van der Waals surface area (Å²) in [6.45, 7) is 1.84. The van der Waals surface area contributed by atoms with Gasteiger partial charge in [-0.25, -0.2) is 0 Å². The molecule has 0 aliphatic heterocycles. The smallest absolute Gasteiger partial charge is 0.426 e. The Balaban J connectivity index is 0.000000360. The fourth-order valence-electron chi connectivity index (χ4n) is 0.193. The number of hydrogen-bond donors (Lipinski definition) is 0. The summed E-state index contributed by atoms with van der Waals surface area (Å²) in [5, 5.41) is 0. The van der Waals surface area contributed by atoms with E-state index in [1.54, 1.807) is 0 Å². The van der Waals surface area contributed by atoms with Crippen molar-refractivity contribution in [2.45, 2.75) is 6.92 Å². The topological polar surface area (TPSA) is 25.8 Å². The van der Waals surface area contributed by atoms with Gasteiger partial charge in [-0.15, -0.1) is 0 Å². The summed E-state index contributed by atoms with van der Waals surface area (Å²) in [6.07, 6.45) is 0. The summed E-state index contributed by atoms with van der Waals surface area (Å²) < 4.78 is 3.79. The van der Waals surface area contributed by atoms with Crippen LogP contribution in [0, 0.1) is 12.4 Å². The van der Waals surface area contributed by atoms with Crippen LogP contribution in [0.1, 0.15) is 5.82 Å². The molecule has 0 fully saturated rings. The van der Waals surface area contributed by atoms with E-state index >= 15 is 0 Å². The Morgan fingerprint density at radius 2 is 2.43 bits per heavy atom. The largest absolute Gasteiger partial charge is 1.00 e. The van der Waals surface area contributed by atoms with E-state index in [-0.39, 0.29) is 18.9 Å². The standard InChI is InChI=1S/C3H3N2S.Li/c1-3-4-2-6-5-3;/h1H3;/q-1;+1. The zero-order valence-corrected chi connectivity index (χ0v) is 5.12. The van der Waals surface area contributed by atoms with Crippen molar-refractivity contribution >= 4 is 11.5 Å². The van der Waals surface area contributed by atoms with Gasteiger partial charge in [-0.05, 0) is 5.82 Å². The van der Waals surface area contributed by atoms with Gasteiger partial charge in [0.1, 0.15) is 0 Å². The van der Waals surface area contributed by atoms with Crippen LogP contribution in [0.5, 0.6) is 0 Å². The van der Waals surface area contributed by atoms with Gasteiger partial charge in [0.15, 0.2) is 0 Å². The van der Waals surface area contributed by atoms with Gasteiger partial charge < -0.3 is 4.98 Å². The van der Waals surface area contributed by atoms with Crippen molar-refractivity contribution in [2.24, 2.45) is 0 Å². The van der Waals surface area contributed by atoms with Gasteiger partial charge in [0.05, 0.1) is 0 Å². The molecule has 0 spiro atoms. The maximum Gasteiger partial charge on any atom is 1.00 e. The molecular weight excluding hydrogens is 103 g/mol. The second-order valence-electron chi connectivity index (χ2n) is 0.933. The average molecular weight is 106 g/mol.